The maximum atomic E-state index is 3.81. The van der Waals surface area contributed by atoms with E-state index in [2.05, 4.69) is 9.97 Å². The molecule has 1 aromatic rings. The van der Waals surface area contributed by atoms with Gasteiger partial charge in [-0.05, 0) is 18.9 Å². The van der Waals surface area contributed by atoms with E-state index in [0.29, 0.717) is 0 Å². The molecule has 0 spiro atoms. The summed E-state index contributed by atoms with van der Waals surface area (Å²) in [5.74, 6) is 0. The van der Waals surface area contributed by atoms with Crippen LogP contribution >= 0.6 is 0 Å². The van der Waals surface area contributed by atoms with Crippen molar-refractivity contribution >= 4 is 0 Å². The number of aromatic nitrogens is 2. The van der Waals surface area contributed by atoms with Gasteiger partial charge in [-0.3, -0.25) is 0 Å². The molecule has 0 atom stereocenters. The van der Waals surface area contributed by atoms with Crippen LogP contribution in [0, 0.1) is 6.92 Å². The Bertz CT molecular complexity index is 113. The van der Waals surface area contributed by atoms with Crippen molar-refractivity contribution in [2.75, 3.05) is 0 Å². The van der Waals surface area contributed by atoms with Crippen LogP contribution < -0.4 is 0 Å². The van der Waals surface area contributed by atoms with E-state index in [1.807, 2.05) is 6.92 Å². The molecule has 0 bridgehead atoms. The minimum absolute atomic E-state index is 0. The summed E-state index contributed by atoms with van der Waals surface area (Å²) in [6, 6.07) is 0. The van der Waals surface area contributed by atoms with Gasteiger partial charge < -0.3 is 9.97 Å². The molecule has 7 heavy (non-hydrogen) atoms. The molecule has 0 unspecified atom stereocenters. The quantitative estimate of drug-likeness (QED) is 0.530. The summed E-state index contributed by atoms with van der Waals surface area (Å²) >= 11 is 0. The Balaban J connectivity index is 0.000000360. The molecule has 0 aromatic carbocycles. The normalized spacial score (nSPS) is 7.57. The third kappa shape index (κ3) is 2.20. The van der Waals surface area contributed by atoms with E-state index in [4.69, 9.17) is 0 Å². The number of nitrogens with zero attached hydrogens (tertiary/aromatic N) is 2. The van der Waals surface area contributed by atoms with E-state index in [9.17, 15) is 0 Å². The van der Waals surface area contributed by atoms with E-state index in [-0.39, 0.29) is 32.7 Å². The summed E-state index contributed by atoms with van der Waals surface area (Å²) in [7, 11) is 0. The van der Waals surface area contributed by atoms with E-state index < -0.39 is 0 Å². The Morgan fingerprint density at radius 1 is 1.71 bits per heavy atom. The van der Waals surface area contributed by atoms with Crippen LogP contribution in [0.25, 0.3) is 0 Å². The molecule has 0 aliphatic carbocycles. The van der Waals surface area contributed by atoms with E-state index >= 15 is 0 Å². The van der Waals surface area contributed by atoms with Gasteiger partial charge in [0.15, 0.2) is 0 Å². The van der Waals surface area contributed by atoms with Crippen LogP contribution in [0.15, 0.2) is 12.5 Å². The second kappa shape index (κ2) is 3.33. The van der Waals surface area contributed by atoms with Crippen LogP contribution in [-0.2, 0) is 32.7 Å². The maximum Gasteiger partial charge on any atom is 0 e. The fourth-order valence-corrected chi connectivity index (χ4v) is 0.299. The number of imidazole rings is 1. The zero-order valence-corrected chi connectivity index (χ0v) is 6.96. The first-order valence-electron chi connectivity index (χ1n) is 1.79. The van der Waals surface area contributed by atoms with Gasteiger partial charge in [-0.15, -0.1) is 6.20 Å². The molecule has 35 valence electrons. The average Bonchev–Trinajstić information content (AvgIpc) is 1.86. The fraction of sp³-hybridized carbons (Fsp3) is 0.250. The Labute approximate surface area is 67.6 Å². The van der Waals surface area contributed by atoms with Crippen molar-refractivity contribution in [2.24, 2.45) is 0 Å². The van der Waals surface area contributed by atoms with Gasteiger partial charge in [0.25, 0.3) is 0 Å². The summed E-state index contributed by atoms with van der Waals surface area (Å²) in [6.07, 6.45) is 3.26. The topological polar surface area (TPSA) is 25.8 Å². The first-order valence-corrected chi connectivity index (χ1v) is 1.79. The second-order valence-corrected chi connectivity index (χ2v) is 1.16. The third-order valence-corrected chi connectivity index (χ3v) is 0.589. The Morgan fingerprint density at radius 2 is 2.43 bits per heavy atom. The molecule has 3 heteroatoms. The summed E-state index contributed by atoms with van der Waals surface area (Å²) in [5.41, 5.74) is 0.981. The summed E-state index contributed by atoms with van der Waals surface area (Å²) < 4.78 is 0. The van der Waals surface area contributed by atoms with Gasteiger partial charge in [-0.25, -0.2) is 0 Å². The molecule has 1 radical (unpaired) electrons. The van der Waals surface area contributed by atoms with Gasteiger partial charge in [0.2, 0.25) is 0 Å². The Kier molecular flexibility index (Phi) is 3.48. The van der Waals surface area contributed by atoms with Gasteiger partial charge in [-0.1, -0.05) is 0 Å². The average molecular weight is 170 g/mol. The van der Waals surface area contributed by atoms with Crippen molar-refractivity contribution < 1.29 is 32.7 Å². The van der Waals surface area contributed by atoms with Crippen LogP contribution in [0.3, 0.4) is 0 Å². The molecule has 2 nitrogen and oxygen atoms in total. The summed E-state index contributed by atoms with van der Waals surface area (Å²) in [5, 5.41) is 0. The van der Waals surface area contributed by atoms with Crippen molar-refractivity contribution in [2.45, 2.75) is 6.92 Å². The number of hydrogen-bond donors (Lipinski definition) is 0. The SMILES string of the molecule is Cc1[cH-]ncn1.[Y]. The predicted molar refractivity (Wildman–Crippen MR) is 22.4 cm³/mol. The van der Waals surface area contributed by atoms with Gasteiger partial charge in [0.05, 0.1) is 0 Å². The third-order valence-electron chi connectivity index (χ3n) is 0.589. The van der Waals surface area contributed by atoms with Crippen LogP contribution in [0.4, 0.5) is 0 Å². The number of aryl methyl sites for hydroxylation is 1. The molecule has 0 N–H and O–H groups in total. The van der Waals surface area contributed by atoms with Crippen LogP contribution in [0.1, 0.15) is 5.69 Å². The molecule has 0 aliphatic rings. The van der Waals surface area contributed by atoms with Crippen molar-refractivity contribution in [3.8, 4) is 0 Å². The largest absolute Gasteiger partial charge is 0.431 e. The van der Waals surface area contributed by atoms with Crippen molar-refractivity contribution in [3.63, 3.8) is 0 Å². The fourth-order valence-electron chi connectivity index (χ4n) is 0.299. The van der Waals surface area contributed by atoms with Crippen molar-refractivity contribution in [1.82, 2.24) is 9.97 Å². The van der Waals surface area contributed by atoms with Gasteiger partial charge >= 0.3 is 0 Å². The van der Waals surface area contributed by atoms with Gasteiger partial charge in [-0.2, -0.15) is 0 Å². The van der Waals surface area contributed by atoms with Crippen LogP contribution in [0.5, 0.6) is 0 Å². The molecule has 0 fully saturated rings. The Morgan fingerprint density at radius 3 is 2.57 bits per heavy atom. The van der Waals surface area contributed by atoms with E-state index in [0.717, 1.165) is 5.69 Å². The van der Waals surface area contributed by atoms with Gasteiger partial charge in [0, 0.05) is 32.7 Å². The standard InChI is InChI=1S/C4H5N2.Y/c1-4-2-5-3-6-4;/h2-3H,1H3;/q-1;. The Hall–Kier alpha value is 0.314. The smallest absolute Gasteiger partial charge is 0 e. The zero-order valence-electron chi connectivity index (χ0n) is 4.13. The summed E-state index contributed by atoms with van der Waals surface area (Å²) in [6.45, 7) is 1.91. The van der Waals surface area contributed by atoms with Crippen LogP contribution in [-0.4, -0.2) is 9.97 Å². The van der Waals surface area contributed by atoms with Crippen molar-refractivity contribution in [3.05, 3.63) is 18.2 Å². The molecule has 1 rings (SSSR count). The molecular weight excluding hydrogens is 165 g/mol. The second-order valence-electron chi connectivity index (χ2n) is 1.16. The van der Waals surface area contributed by atoms with E-state index in [1.54, 1.807) is 6.20 Å². The first kappa shape index (κ1) is 7.31. The van der Waals surface area contributed by atoms with E-state index in [1.165, 1.54) is 6.33 Å². The zero-order chi connectivity index (χ0) is 4.41. The molecule has 0 amide bonds. The molecule has 0 saturated heterocycles. The number of hydrogen-bond acceptors (Lipinski definition) is 2. The monoisotopic (exact) mass is 170 g/mol. The van der Waals surface area contributed by atoms with Crippen LogP contribution in [0.2, 0.25) is 0 Å². The molecule has 1 heterocycles. The minimum Gasteiger partial charge on any atom is -0.431 e. The molecule has 0 saturated carbocycles. The molecular formula is C4H5N2Y-. The van der Waals surface area contributed by atoms with Gasteiger partial charge in [0.1, 0.15) is 0 Å². The minimum atomic E-state index is 0. The first-order chi connectivity index (χ1) is 2.89. The summed E-state index contributed by atoms with van der Waals surface area (Å²) in [4.78, 5) is 7.52. The predicted octanol–water partition coefficient (Wildman–Crippen LogP) is 0.501. The molecule has 0 aliphatic heterocycles. The number of rotatable bonds is 0. The van der Waals surface area contributed by atoms with Crippen molar-refractivity contribution in [1.29, 1.82) is 0 Å². The molecule has 1 aromatic heterocycles. The maximum absolute atomic E-state index is 3.81.